The number of hydrogen-bond acceptors (Lipinski definition) is 3. The maximum Gasteiger partial charge on any atom is 0.252 e. The third-order valence-corrected chi connectivity index (χ3v) is 2.81. The van der Waals surface area contributed by atoms with Crippen molar-refractivity contribution in [2.45, 2.75) is 33.2 Å². The standard InChI is InChI=1S/C16H21N3O/c1-5-17-14-10-12(15(20)19-16(2,3)4)11-8-6-7-9-13(11)18-14/h6-10H,5H2,1-4H3,(H,17,18)(H,19,20). The lowest BCUT2D eigenvalue weighted by atomic mass is 10.0. The van der Waals surface area contributed by atoms with Gasteiger partial charge in [-0.25, -0.2) is 4.98 Å². The van der Waals surface area contributed by atoms with E-state index < -0.39 is 0 Å². The molecule has 1 heterocycles. The molecule has 0 aliphatic carbocycles. The number of carbonyl (C=O) groups excluding carboxylic acids is 1. The van der Waals surface area contributed by atoms with Crippen LogP contribution in [0.4, 0.5) is 5.82 Å². The molecule has 1 aromatic carbocycles. The Kier molecular flexibility index (Phi) is 3.93. The monoisotopic (exact) mass is 271 g/mol. The van der Waals surface area contributed by atoms with E-state index in [0.717, 1.165) is 23.3 Å². The molecule has 0 radical (unpaired) electrons. The van der Waals surface area contributed by atoms with E-state index in [2.05, 4.69) is 15.6 Å². The molecule has 0 saturated heterocycles. The van der Waals surface area contributed by atoms with E-state index in [1.54, 1.807) is 0 Å². The van der Waals surface area contributed by atoms with Crippen LogP contribution in [0, 0.1) is 0 Å². The third kappa shape index (κ3) is 3.26. The van der Waals surface area contributed by atoms with Crippen LogP contribution in [0.5, 0.6) is 0 Å². The van der Waals surface area contributed by atoms with Gasteiger partial charge in [0.15, 0.2) is 0 Å². The van der Waals surface area contributed by atoms with Crippen LogP contribution in [0.15, 0.2) is 30.3 Å². The van der Waals surface area contributed by atoms with Crippen molar-refractivity contribution in [1.82, 2.24) is 10.3 Å². The molecule has 2 aromatic rings. The fourth-order valence-electron chi connectivity index (χ4n) is 2.04. The summed E-state index contributed by atoms with van der Waals surface area (Å²) in [5.74, 6) is 0.653. The summed E-state index contributed by atoms with van der Waals surface area (Å²) < 4.78 is 0. The molecule has 4 heteroatoms. The molecule has 0 saturated carbocycles. The number of pyridine rings is 1. The van der Waals surface area contributed by atoms with Gasteiger partial charge in [-0.1, -0.05) is 18.2 Å². The molecule has 1 aromatic heterocycles. The second-order valence-corrected chi connectivity index (χ2v) is 5.81. The summed E-state index contributed by atoms with van der Waals surface area (Å²) in [7, 11) is 0. The van der Waals surface area contributed by atoms with Crippen LogP contribution in [-0.4, -0.2) is 23.0 Å². The van der Waals surface area contributed by atoms with Crippen molar-refractivity contribution in [3.8, 4) is 0 Å². The predicted molar refractivity (Wildman–Crippen MR) is 83.1 cm³/mol. The zero-order chi connectivity index (χ0) is 14.8. The molecule has 0 spiro atoms. The zero-order valence-electron chi connectivity index (χ0n) is 12.4. The molecule has 2 rings (SSSR count). The van der Waals surface area contributed by atoms with Crippen molar-refractivity contribution in [1.29, 1.82) is 0 Å². The summed E-state index contributed by atoms with van der Waals surface area (Å²) >= 11 is 0. The number of carbonyl (C=O) groups is 1. The Labute approximate surface area is 119 Å². The number of rotatable bonds is 3. The molecule has 4 nitrogen and oxygen atoms in total. The van der Waals surface area contributed by atoms with Crippen molar-refractivity contribution < 1.29 is 4.79 Å². The van der Waals surface area contributed by atoms with Crippen LogP contribution in [-0.2, 0) is 0 Å². The fourth-order valence-corrected chi connectivity index (χ4v) is 2.04. The van der Waals surface area contributed by atoms with E-state index in [4.69, 9.17) is 0 Å². The van der Waals surface area contributed by atoms with Gasteiger partial charge in [-0.2, -0.15) is 0 Å². The number of amides is 1. The average Bonchev–Trinajstić information content (AvgIpc) is 2.36. The van der Waals surface area contributed by atoms with Gasteiger partial charge in [0.25, 0.3) is 5.91 Å². The van der Waals surface area contributed by atoms with Gasteiger partial charge in [0.2, 0.25) is 0 Å². The van der Waals surface area contributed by atoms with Crippen LogP contribution >= 0.6 is 0 Å². The first-order valence-corrected chi connectivity index (χ1v) is 6.87. The van der Waals surface area contributed by atoms with Crippen LogP contribution in [0.3, 0.4) is 0 Å². The SMILES string of the molecule is CCNc1cc(C(=O)NC(C)(C)C)c2ccccc2n1. The lowest BCUT2D eigenvalue weighted by molar-refractivity contribution is 0.0921. The first-order chi connectivity index (χ1) is 9.40. The Balaban J connectivity index is 2.52. The Morgan fingerprint density at radius 3 is 2.60 bits per heavy atom. The minimum atomic E-state index is -0.264. The van der Waals surface area contributed by atoms with Gasteiger partial charge in [0.05, 0.1) is 11.1 Å². The summed E-state index contributed by atoms with van der Waals surface area (Å²) in [6.45, 7) is 8.69. The van der Waals surface area contributed by atoms with Gasteiger partial charge in [-0.3, -0.25) is 4.79 Å². The first kappa shape index (κ1) is 14.3. The molecule has 20 heavy (non-hydrogen) atoms. The zero-order valence-corrected chi connectivity index (χ0v) is 12.4. The van der Waals surface area contributed by atoms with Gasteiger partial charge in [-0.05, 0) is 39.8 Å². The first-order valence-electron chi connectivity index (χ1n) is 6.87. The number of hydrogen-bond donors (Lipinski definition) is 2. The molecule has 0 fully saturated rings. The molecule has 0 atom stereocenters. The Hall–Kier alpha value is -2.10. The van der Waals surface area contributed by atoms with Gasteiger partial charge in [-0.15, -0.1) is 0 Å². The van der Waals surface area contributed by atoms with Crippen molar-refractivity contribution in [3.05, 3.63) is 35.9 Å². The van der Waals surface area contributed by atoms with Crippen molar-refractivity contribution in [2.75, 3.05) is 11.9 Å². The van der Waals surface area contributed by atoms with Crippen molar-refractivity contribution in [2.24, 2.45) is 0 Å². The Bertz CT molecular complexity index is 629. The molecule has 2 N–H and O–H groups in total. The molecular weight excluding hydrogens is 250 g/mol. The molecule has 0 aliphatic heterocycles. The fraction of sp³-hybridized carbons (Fsp3) is 0.375. The molecule has 0 aliphatic rings. The molecule has 106 valence electrons. The summed E-state index contributed by atoms with van der Waals surface area (Å²) in [4.78, 5) is 17.0. The minimum Gasteiger partial charge on any atom is -0.370 e. The van der Waals surface area contributed by atoms with E-state index in [1.165, 1.54) is 0 Å². The minimum absolute atomic E-state index is 0.0738. The van der Waals surface area contributed by atoms with E-state index in [1.807, 2.05) is 58.0 Å². The molecule has 0 bridgehead atoms. The summed E-state index contributed by atoms with van der Waals surface area (Å²) in [5, 5.41) is 7.04. The number of aromatic nitrogens is 1. The number of nitrogens with one attached hydrogen (secondary N) is 2. The van der Waals surface area contributed by atoms with Crippen molar-refractivity contribution in [3.63, 3.8) is 0 Å². The highest BCUT2D eigenvalue weighted by molar-refractivity contribution is 6.07. The van der Waals surface area contributed by atoms with Crippen LogP contribution in [0.25, 0.3) is 10.9 Å². The van der Waals surface area contributed by atoms with Gasteiger partial charge in [0.1, 0.15) is 5.82 Å². The van der Waals surface area contributed by atoms with Crippen molar-refractivity contribution >= 4 is 22.6 Å². The normalized spacial score (nSPS) is 11.4. The second-order valence-electron chi connectivity index (χ2n) is 5.81. The quantitative estimate of drug-likeness (QED) is 0.901. The van der Waals surface area contributed by atoms with E-state index >= 15 is 0 Å². The molecule has 1 amide bonds. The maximum absolute atomic E-state index is 12.5. The third-order valence-electron chi connectivity index (χ3n) is 2.81. The Morgan fingerprint density at radius 1 is 1.25 bits per heavy atom. The smallest absolute Gasteiger partial charge is 0.252 e. The second kappa shape index (κ2) is 5.49. The largest absolute Gasteiger partial charge is 0.370 e. The number of para-hydroxylation sites is 1. The van der Waals surface area contributed by atoms with Gasteiger partial charge < -0.3 is 10.6 Å². The number of nitrogens with zero attached hydrogens (tertiary/aromatic N) is 1. The lowest BCUT2D eigenvalue weighted by Gasteiger charge is -2.21. The Morgan fingerprint density at radius 2 is 1.95 bits per heavy atom. The molecule has 0 unspecified atom stereocenters. The highest BCUT2D eigenvalue weighted by Gasteiger charge is 2.18. The molecular formula is C16H21N3O. The van der Waals surface area contributed by atoms with E-state index in [9.17, 15) is 4.79 Å². The van der Waals surface area contributed by atoms with Gasteiger partial charge >= 0.3 is 0 Å². The lowest BCUT2D eigenvalue weighted by Crippen LogP contribution is -2.40. The van der Waals surface area contributed by atoms with Gasteiger partial charge in [0, 0.05) is 17.5 Å². The maximum atomic E-state index is 12.5. The van der Waals surface area contributed by atoms with E-state index in [0.29, 0.717) is 5.56 Å². The summed E-state index contributed by atoms with van der Waals surface area (Å²) in [6.07, 6.45) is 0. The number of anilines is 1. The summed E-state index contributed by atoms with van der Waals surface area (Å²) in [5.41, 5.74) is 1.21. The number of benzene rings is 1. The van der Waals surface area contributed by atoms with Crippen LogP contribution < -0.4 is 10.6 Å². The average molecular weight is 271 g/mol. The summed E-state index contributed by atoms with van der Waals surface area (Å²) in [6, 6.07) is 9.51. The van der Waals surface area contributed by atoms with E-state index in [-0.39, 0.29) is 11.4 Å². The highest BCUT2D eigenvalue weighted by Crippen LogP contribution is 2.21. The van der Waals surface area contributed by atoms with Crippen LogP contribution in [0.2, 0.25) is 0 Å². The topological polar surface area (TPSA) is 54.0 Å². The highest BCUT2D eigenvalue weighted by atomic mass is 16.1. The predicted octanol–water partition coefficient (Wildman–Crippen LogP) is 3.19. The van der Waals surface area contributed by atoms with Crippen LogP contribution in [0.1, 0.15) is 38.1 Å². The number of fused-ring (bicyclic) bond motifs is 1.